The average Bonchev–Trinajstić information content (AvgIpc) is 2.65. The molecule has 1 atom stereocenters. The van der Waals surface area contributed by atoms with Crippen molar-refractivity contribution in [1.29, 1.82) is 0 Å². The fourth-order valence-corrected chi connectivity index (χ4v) is 1.95. The van der Waals surface area contributed by atoms with E-state index in [0.29, 0.717) is 6.04 Å². The topological polar surface area (TPSA) is 40.7 Å². The molecular weight excluding hydrogens is 186 g/mol. The number of H-pyrrole nitrogens is 1. The first-order valence-corrected chi connectivity index (χ1v) is 5.27. The number of hydrogen-bond acceptors (Lipinski definition) is 2. The summed E-state index contributed by atoms with van der Waals surface area (Å²) in [7, 11) is 0. The molecule has 1 fully saturated rings. The number of rotatable bonds is 2. The molecule has 1 aromatic carbocycles. The first kappa shape index (κ1) is 8.68. The lowest BCUT2D eigenvalue weighted by molar-refractivity contribution is 0.384. The van der Waals surface area contributed by atoms with E-state index in [-0.39, 0.29) is 0 Å². The molecule has 1 unspecified atom stereocenters. The van der Waals surface area contributed by atoms with Crippen LogP contribution in [0.2, 0.25) is 0 Å². The average molecular weight is 199 g/mol. The fraction of sp³-hybridized carbons (Fsp3) is 0.250. The van der Waals surface area contributed by atoms with Crippen molar-refractivity contribution >= 4 is 0 Å². The lowest BCUT2D eigenvalue weighted by atomic mass is 9.96. The SMILES string of the molecule is c1ccc(-c2[nH]ncc2C2CCN2)cc1. The van der Waals surface area contributed by atoms with Crippen LogP contribution in [0.5, 0.6) is 0 Å². The van der Waals surface area contributed by atoms with Crippen LogP contribution in [0, 0.1) is 0 Å². The molecule has 3 heteroatoms. The van der Waals surface area contributed by atoms with Crippen molar-refractivity contribution in [2.45, 2.75) is 12.5 Å². The molecule has 0 amide bonds. The Hall–Kier alpha value is -1.61. The zero-order chi connectivity index (χ0) is 10.1. The summed E-state index contributed by atoms with van der Waals surface area (Å²) < 4.78 is 0. The molecule has 2 heterocycles. The summed E-state index contributed by atoms with van der Waals surface area (Å²) in [6.07, 6.45) is 3.14. The van der Waals surface area contributed by atoms with Gasteiger partial charge in [-0.05, 0) is 18.5 Å². The Kier molecular flexibility index (Phi) is 2.03. The standard InChI is InChI=1S/C12H13N3/c1-2-4-9(5-3-1)12-10(8-14-15-12)11-6-7-13-11/h1-5,8,11,13H,6-7H2,(H,14,15). The molecule has 0 saturated carbocycles. The van der Waals surface area contributed by atoms with Crippen molar-refractivity contribution in [3.8, 4) is 11.3 Å². The first-order valence-electron chi connectivity index (χ1n) is 5.27. The van der Waals surface area contributed by atoms with Crippen LogP contribution in [0.25, 0.3) is 11.3 Å². The highest BCUT2D eigenvalue weighted by atomic mass is 15.1. The minimum Gasteiger partial charge on any atom is -0.310 e. The second-order valence-corrected chi connectivity index (χ2v) is 3.86. The molecule has 1 aliphatic heterocycles. The van der Waals surface area contributed by atoms with Gasteiger partial charge in [-0.1, -0.05) is 30.3 Å². The molecule has 3 nitrogen and oxygen atoms in total. The van der Waals surface area contributed by atoms with E-state index >= 15 is 0 Å². The molecule has 0 bridgehead atoms. The molecule has 0 spiro atoms. The van der Waals surface area contributed by atoms with Gasteiger partial charge in [0, 0.05) is 11.6 Å². The number of benzene rings is 1. The van der Waals surface area contributed by atoms with Crippen LogP contribution < -0.4 is 5.32 Å². The van der Waals surface area contributed by atoms with Gasteiger partial charge < -0.3 is 5.32 Å². The third-order valence-electron chi connectivity index (χ3n) is 2.93. The fourth-order valence-electron chi connectivity index (χ4n) is 1.95. The molecule has 1 aromatic heterocycles. The number of aromatic amines is 1. The van der Waals surface area contributed by atoms with E-state index in [0.717, 1.165) is 12.2 Å². The summed E-state index contributed by atoms with van der Waals surface area (Å²) in [4.78, 5) is 0. The molecule has 0 radical (unpaired) electrons. The predicted molar refractivity (Wildman–Crippen MR) is 59.4 cm³/mol. The smallest absolute Gasteiger partial charge is 0.0698 e. The predicted octanol–water partition coefficient (Wildman–Crippen LogP) is 2.11. The van der Waals surface area contributed by atoms with Crippen molar-refractivity contribution in [1.82, 2.24) is 15.5 Å². The maximum Gasteiger partial charge on any atom is 0.0698 e. The van der Waals surface area contributed by atoms with E-state index in [1.165, 1.54) is 17.5 Å². The minimum atomic E-state index is 0.485. The highest BCUT2D eigenvalue weighted by Crippen LogP contribution is 2.30. The van der Waals surface area contributed by atoms with Gasteiger partial charge >= 0.3 is 0 Å². The second-order valence-electron chi connectivity index (χ2n) is 3.86. The second kappa shape index (κ2) is 3.51. The molecule has 3 rings (SSSR count). The lowest BCUT2D eigenvalue weighted by Gasteiger charge is -2.27. The highest BCUT2D eigenvalue weighted by molar-refractivity contribution is 5.63. The molecule has 1 aliphatic rings. The normalized spacial score (nSPS) is 19.9. The number of nitrogens with zero attached hydrogens (tertiary/aromatic N) is 1. The number of nitrogens with one attached hydrogen (secondary N) is 2. The zero-order valence-electron chi connectivity index (χ0n) is 8.40. The summed E-state index contributed by atoms with van der Waals surface area (Å²) in [6.45, 7) is 1.12. The Labute approximate surface area is 88.5 Å². The van der Waals surface area contributed by atoms with E-state index in [4.69, 9.17) is 0 Å². The third-order valence-corrected chi connectivity index (χ3v) is 2.93. The zero-order valence-corrected chi connectivity index (χ0v) is 8.40. The van der Waals surface area contributed by atoms with Gasteiger partial charge in [0.2, 0.25) is 0 Å². The molecule has 1 saturated heterocycles. The maximum absolute atomic E-state index is 4.14. The summed E-state index contributed by atoms with van der Waals surface area (Å²) in [6, 6.07) is 10.8. The Morgan fingerprint density at radius 1 is 1.20 bits per heavy atom. The van der Waals surface area contributed by atoms with Crippen LogP contribution in [0.1, 0.15) is 18.0 Å². The van der Waals surface area contributed by atoms with E-state index < -0.39 is 0 Å². The molecule has 76 valence electrons. The maximum atomic E-state index is 4.14. The van der Waals surface area contributed by atoms with Crippen LogP contribution in [0.4, 0.5) is 0 Å². The molecular formula is C12H13N3. The van der Waals surface area contributed by atoms with Crippen molar-refractivity contribution in [3.63, 3.8) is 0 Å². The van der Waals surface area contributed by atoms with Gasteiger partial charge in [-0.2, -0.15) is 5.10 Å². The Morgan fingerprint density at radius 3 is 2.67 bits per heavy atom. The molecule has 2 aromatic rings. The van der Waals surface area contributed by atoms with Gasteiger partial charge in [-0.15, -0.1) is 0 Å². The van der Waals surface area contributed by atoms with Gasteiger partial charge in [0.25, 0.3) is 0 Å². The van der Waals surface area contributed by atoms with Gasteiger partial charge in [-0.3, -0.25) is 5.10 Å². The van der Waals surface area contributed by atoms with Crippen molar-refractivity contribution in [3.05, 3.63) is 42.1 Å². The van der Waals surface area contributed by atoms with E-state index in [9.17, 15) is 0 Å². The summed E-state index contributed by atoms with van der Waals surface area (Å²) in [5.41, 5.74) is 3.64. The van der Waals surface area contributed by atoms with Gasteiger partial charge in [0.15, 0.2) is 0 Å². The number of aromatic nitrogens is 2. The van der Waals surface area contributed by atoms with Crippen LogP contribution in [0.15, 0.2) is 36.5 Å². The van der Waals surface area contributed by atoms with Gasteiger partial charge in [-0.25, -0.2) is 0 Å². The van der Waals surface area contributed by atoms with E-state index in [2.05, 4.69) is 27.6 Å². The number of hydrogen-bond donors (Lipinski definition) is 2. The monoisotopic (exact) mass is 199 g/mol. The van der Waals surface area contributed by atoms with Crippen molar-refractivity contribution < 1.29 is 0 Å². The van der Waals surface area contributed by atoms with Crippen molar-refractivity contribution in [2.24, 2.45) is 0 Å². The van der Waals surface area contributed by atoms with Crippen LogP contribution in [-0.4, -0.2) is 16.7 Å². The Balaban J connectivity index is 2.01. The molecule has 15 heavy (non-hydrogen) atoms. The summed E-state index contributed by atoms with van der Waals surface area (Å²) in [5.74, 6) is 0. The quantitative estimate of drug-likeness (QED) is 0.777. The van der Waals surface area contributed by atoms with E-state index in [1.807, 2.05) is 24.4 Å². The lowest BCUT2D eigenvalue weighted by Crippen LogP contribution is -2.34. The Bertz CT molecular complexity index is 443. The summed E-state index contributed by atoms with van der Waals surface area (Å²) in [5, 5.41) is 10.6. The van der Waals surface area contributed by atoms with Gasteiger partial charge in [0.1, 0.15) is 0 Å². The van der Waals surface area contributed by atoms with E-state index in [1.54, 1.807) is 0 Å². The highest BCUT2D eigenvalue weighted by Gasteiger charge is 2.22. The van der Waals surface area contributed by atoms with Crippen LogP contribution in [0.3, 0.4) is 0 Å². The molecule has 0 aliphatic carbocycles. The van der Waals surface area contributed by atoms with Crippen LogP contribution in [-0.2, 0) is 0 Å². The van der Waals surface area contributed by atoms with Crippen LogP contribution >= 0.6 is 0 Å². The Morgan fingerprint density at radius 2 is 2.00 bits per heavy atom. The first-order chi connectivity index (χ1) is 7.45. The largest absolute Gasteiger partial charge is 0.310 e. The minimum absolute atomic E-state index is 0.485. The summed E-state index contributed by atoms with van der Waals surface area (Å²) >= 11 is 0. The van der Waals surface area contributed by atoms with Crippen molar-refractivity contribution in [2.75, 3.05) is 6.54 Å². The molecule has 2 N–H and O–H groups in total. The van der Waals surface area contributed by atoms with Gasteiger partial charge in [0.05, 0.1) is 11.9 Å². The third kappa shape index (κ3) is 1.45.